The van der Waals surface area contributed by atoms with Gasteiger partial charge in [0.25, 0.3) is 0 Å². The lowest BCUT2D eigenvalue weighted by atomic mass is 10.5. The third-order valence-corrected chi connectivity index (χ3v) is 0.522. The molecule has 0 bridgehead atoms. The molecular weight excluding hydrogens is 180 g/mol. The Morgan fingerprint density at radius 1 is 1.46 bits per heavy atom. The van der Waals surface area contributed by atoms with Crippen molar-refractivity contribution in [3.05, 3.63) is 21.2 Å². The summed E-state index contributed by atoms with van der Waals surface area (Å²) in [7, 11) is 0. The van der Waals surface area contributed by atoms with Crippen LogP contribution in [0.2, 0.25) is 0 Å². The zero-order valence-corrected chi connectivity index (χ0v) is 6.43. The van der Waals surface area contributed by atoms with Crippen molar-refractivity contribution in [3.8, 4) is 0 Å². The number of nitrogens with zero attached hydrogens (tertiary/aromatic N) is 2. The molecule has 9 heteroatoms. The Kier molecular flexibility index (Phi) is 6.41. The largest absolute Gasteiger partial charge is 0.757 e. The van der Waals surface area contributed by atoms with E-state index in [9.17, 15) is 14.9 Å². The molecule has 0 saturated carbocycles. The standard InChI is InChI=1S/C3H2N3O3.CH5N3/c4-1-2(3(5)7)6(8)9;2-1(3)4/h(H2,5,7);(H5,2,3,4)/q-1;/p+1. The van der Waals surface area contributed by atoms with Crippen LogP contribution in [0.1, 0.15) is 0 Å². The van der Waals surface area contributed by atoms with Crippen LogP contribution in [-0.4, -0.2) is 22.7 Å². The summed E-state index contributed by atoms with van der Waals surface area (Å²) >= 11 is 0. The first-order valence-corrected chi connectivity index (χ1v) is 2.67. The van der Waals surface area contributed by atoms with Gasteiger partial charge in [-0.1, -0.05) is 0 Å². The molecule has 0 aliphatic rings. The van der Waals surface area contributed by atoms with E-state index in [2.05, 4.69) is 22.6 Å². The van der Waals surface area contributed by atoms with Gasteiger partial charge >= 0.3 is 17.6 Å². The molecule has 0 aromatic carbocycles. The Labute approximate surface area is 72.4 Å². The average Bonchev–Trinajstić information content (AvgIpc) is 1.84. The van der Waals surface area contributed by atoms with E-state index in [-0.39, 0.29) is 5.96 Å². The van der Waals surface area contributed by atoms with Gasteiger partial charge in [0, 0.05) is 0 Å². The van der Waals surface area contributed by atoms with Gasteiger partial charge in [0.15, 0.2) is 0 Å². The predicted molar refractivity (Wildman–Crippen MR) is 43.4 cm³/mol. The molecule has 0 aliphatic heterocycles. The third kappa shape index (κ3) is 9.59. The Hall–Kier alpha value is -2.41. The van der Waals surface area contributed by atoms with Gasteiger partial charge in [-0.25, -0.2) is 0 Å². The second kappa shape index (κ2) is 6.31. The lowest BCUT2D eigenvalue weighted by Crippen LogP contribution is -2.51. The van der Waals surface area contributed by atoms with Crippen molar-refractivity contribution < 1.29 is 15.1 Å². The van der Waals surface area contributed by atoms with E-state index >= 15 is 0 Å². The molecule has 0 aromatic rings. The number of nitrogens with two attached hydrogens (primary N) is 4. The third-order valence-electron chi connectivity index (χ3n) is 0.522. The van der Waals surface area contributed by atoms with Crippen molar-refractivity contribution in [1.82, 2.24) is 0 Å². The summed E-state index contributed by atoms with van der Waals surface area (Å²) in [5, 5.41) is 22.0. The fraction of sp³-hybridized carbons (Fsp3) is 0. The second-order valence-electron chi connectivity index (χ2n) is 1.58. The zero-order valence-electron chi connectivity index (χ0n) is 6.43. The van der Waals surface area contributed by atoms with Crippen LogP contribution in [0.25, 0.3) is 5.41 Å². The monoisotopic (exact) mass is 188 g/mol. The van der Waals surface area contributed by atoms with Crippen LogP contribution in [0.3, 0.4) is 0 Å². The van der Waals surface area contributed by atoms with Crippen molar-refractivity contribution in [3.63, 3.8) is 0 Å². The number of nitro groups is 1. The lowest BCUT2D eigenvalue weighted by Gasteiger charge is -1.86. The molecule has 9 nitrogen and oxygen atoms in total. The second-order valence-corrected chi connectivity index (χ2v) is 1.58. The summed E-state index contributed by atoms with van der Waals surface area (Å²) < 4.78 is 0. The fourth-order valence-electron chi connectivity index (χ4n) is 0.186. The molecule has 0 fully saturated rings. The van der Waals surface area contributed by atoms with Crippen LogP contribution in [0.5, 0.6) is 0 Å². The first-order valence-electron chi connectivity index (χ1n) is 2.67. The highest BCUT2D eigenvalue weighted by Gasteiger charge is 2.13. The van der Waals surface area contributed by atoms with E-state index in [4.69, 9.17) is 5.41 Å². The fourth-order valence-corrected chi connectivity index (χ4v) is 0.186. The van der Waals surface area contributed by atoms with Crippen LogP contribution < -0.4 is 22.6 Å². The molecule has 0 aromatic heterocycles. The summed E-state index contributed by atoms with van der Waals surface area (Å²) in [6, 6.07) is 0. The topological polar surface area (TPSA) is 186 Å². The van der Waals surface area contributed by atoms with Gasteiger partial charge in [-0.2, -0.15) is 5.87 Å². The summed E-state index contributed by atoms with van der Waals surface area (Å²) in [5.41, 5.74) is 12.4. The van der Waals surface area contributed by atoms with Crippen LogP contribution >= 0.6 is 0 Å². The molecule has 0 radical (unpaired) electrons. The van der Waals surface area contributed by atoms with E-state index in [1.165, 1.54) is 0 Å². The summed E-state index contributed by atoms with van der Waals surface area (Å²) in [6.45, 7) is 0. The molecule has 72 valence electrons. The number of carbonyl (C=O) groups excluding carboxylic acids is 1. The van der Waals surface area contributed by atoms with Crippen molar-refractivity contribution in [2.45, 2.75) is 0 Å². The molecule has 13 heavy (non-hydrogen) atoms. The Balaban J connectivity index is 0. The van der Waals surface area contributed by atoms with E-state index in [0.717, 1.165) is 5.87 Å². The summed E-state index contributed by atoms with van der Waals surface area (Å²) in [6.07, 6.45) is 0. The molecule has 0 atom stereocenters. The number of rotatable bonds is 2. The molecule has 0 aliphatic carbocycles. The Morgan fingerprint density at radius 3 is 1.77 bits per heavy atom. The van der Waals surface area contributed by atoms with Crippen molar-refractivity contribution in [1.29, 1.82) is 0 Å². The van der Waals surface area contributed by atoms with E-state index in [1.54, 1.807) is 0 Å². The quantitative estimate of drug-likeness (QED) is 0.112. The average molecular weight is 188 g/mol. The summed E-state index contributed by atoms with van der Waals surface area (Å²) in [4.78, 5) is 18.4. The van der Waals surface area contributed by atoms with Crippen molar-refractivity contribution in [2.75, 3.05) is 0 Å². The smallest absolute Gasteiger partial charge is 0.353 e. The number of primary amides is 1. The minimum absolute atomic E-state index is 0.0833. The molecule has 0 spiro atoms. The van der Waals surface area contributed by atoms with Crippen molar-refractivity contribution in [2.24, 2.45) is 17.2 Å². The highest BCUT2D eigenvalue weighted by atomic mass is 16.6. The number of hydrogen-bond donors (Lipinski definition) is 4. The lowest BCUT2D eigenvalue weighted by molar-refractivity contribution is -0.416. The highest BCUT2D eigenvalue weighted by molar-refractivity contribution is 5.98. The molecule has 0 unspecified atom stereocenters. The predicted octanol–water partition coefficient (Wildman–Crippen LogP) is -4.11. The molecule has 1 amide bonds. The number of carbonyl (C=O) groups is 1. The highest BCUT2D eigenvalue weighted by Crippen LogP contribution is 1.84. The maximum Gasteiger partial charge on any atom is 0.353 e. The van der Waals surface area contributed by atoms with Crippen LogP contribution in [0, 0.1) is 10.1 Å². The Morgan fingerprint density at radius 2 is 1.77 bits per heavy atom. The van der Waals surface area contributed by atoms with Crippen LogP contribution in [0.4, 0.5) is 0 Å². The zero-order chi connectivity index (χ0) is 11.0. The maximum absolute atomic E-state index is 9.89. The Bertz CT molecular complexity index is 258. The molecular formula is C4H8N6O3. The van der Waals surface area contributed by atoms with Crippen molar-refractivity contribution >= 4 is 17.7 Å². The van der Waals surface area contributed by atoms with Gasteiger partial charge in [-0.05, 0) is 0 Å². The molecule has 0 saturated heterocycles. The first-order chi connectivity index (χ1) is 5.82. The van der Waals surface area contributed by atoms with Crippen LogP contribution in [0.15, 0.2) is 5.70 Å². The number of amides is 1. The molecule has 0 heterocycles. The minimum Gasteiger partial charge on any atom is -0.757 e. The first kappa shape index (κ1) is 13.2. The SMILES string of the molecule is NC(N)=[NH2+].[N-]=C=C(C(N)=O)[N+](=O)[O-]. The van der Waals surface area contributed by atoms with E-state index < -0.39 is 16.5 Å². The summed E-state index contributed by atoms with van der Waals surface area (Å²) in [5.74, 6) is -0.356. The number of hydrogen-bond acceptors (Lipinski definition) is 3. The molecule has 0 rings (SSSR count). The number of guanidine groups is 1. The van der Waals surface area contributed by atoms with Gasteiger partial charge < -0.3 is 11.1 Å². The normalized spacial score (nSPS) is 7.08. The maximum atomic E-state index is 9.89. The minimum atomic E-state index is -1.32. The van der Waals surface area contributed by atoms with Gasteiger partial charge in [-0.3, -0.25) is 31.8 Å². The van der Waals surface area contributed by atoms with Gasteiger partial charge in [-0.15, -0.1) is 0 Å². The molecule has 8 N–H and O–H groups in total. The van der Waals surface area contributed by atoms with Gasteiger partial charge in [0.2, 0.25) is 0 Å². The van der Waals surface area contributed by atoms with Gasteiger partial charge in [0.1, 0.15) is 0 Å². The van der Waals surface area contributed by atoms with E-state index in [1.807, 2.05) is 0 Å². The van der Waals surface area contributed by atoms with Crippen LogP contribution in [-0.2, 0) is 4.79 Å². The van der Waals surface area contributed by atoms with Gasteiger partial charge in [0.05, 0.1) is 4.92 Å². The van der Waals surface area contributed by atoms with E-state index in [0.29, 0.717) is 0 Å².